The molecule has 0 bridgehead atoms. The smallest absolute Gasteiger partial charge is 0.317 e. The number of likely N-dealkylation sites (tertiary alicyclic amines) is 1. The average molecular weight is 441 g/mol. The molecule has 2 aliphatic heterocycles. The lowest BCUT2D eigenvalue weighted by Crippen LogP contribution is -2.56. The van der Waals surface area contributed by atoms with E-state index in [1.807, 2.05) is 45.0 Å². The topological polar surface area (TPSA) is 73.0 Å². The van der Waals surface area contributed by atoms with Crippen LogP contribution >= 0.6 is 0 Å². The van der Waals surface area contributed by atoms with Crippen molar-refractivity contribution in [1.82, 2.24) is 20.0 Å². The van der Waals surface area contributed by atoms with Gasteiger partial charge in [0, 0.05) is 45.3 Å². The number of benzene rings is 1. The number of nitrogens with zero attached hydrogens (tertiary/aromatic N) is 3. The molecular formula is C25H36N4O3. The highest BCUT2D eigenvalue weighted by atomic mass is 16.2. The fraction of sp³-hybridized carbons (Fsp3) is 0.640. The summed E-state index contributed by atoms with van der Waals surface area (Å²) in [6, 6.07) is 10.1. The number of carbonyl (C=O) groups is 3. The second-order valence-electron chi connectivity index (χ2n) is 9.44. The van der Waals surface area contributed by atoms with E-state index in [0.29, 0.717) is 45.2 Å². The summed E-state index contributed by atoms with van der Waals surface area (Å²) in [4.78, 5) is 44.1. The molecule has 32 heavy (non-hydrogen) atoms. The van der Waals surface area contributed by atoms with Gasteiger partial charge in [0.15, 0.2) is 0 Å². The van der Waals surface area contributed by atoms with Crippen molar-refractivity contribution in [2.45, 2.75) is 57.4 Å². The predicted molar refractivity (Wildman–Crippen MR) is 123 cm³/mol. The Balaban J connectivity index is 1.23. The zero-order valence-electron chi connectivity index (χ0n) is 19.0. The lowest BCUT2D eigenvalue weighted by Gasteiger charge is -2.39. The molecule has 1 aromatic rings. The van der Waals surface area contributed by atoms with Crippen LogP contribution in [0.3, 0.4) is 0 Å². The van der Waals surface area contributed by atoms with Crippen LogP contribution in [0.5, 0.6) is 0 Å². The van der Waals surface area contributed by atoms with E-state index in [4.69, 9.17) is 0 Å². The molecule has 0 radical (unpaired) electrons. The lowest BCUT2D eigenvalue weighted by molar-refractivity contribution is -0.141. The Labute approximate surface area is 191 Å². The molecular weight excluding hydrogens is 404 g/mol. The molecule has 1 aromatic carbocycles. The number of amides is 4. The summed E-state index contributed by atoms with van der Waals surface area (Å²) in [6.45, 7) is 3.54. The summed E-state index contributed by atoms with van der Waals surface area (Å²) in [7, 11) is 0. The fourth-order valence-electron chi connectivity index (χ4n) is 5.19. The van der Waals surface area contributed by atoms with Crippen LogP contribution in [0.15, 0.2) is 30.3 Å². The summed E-state index contributed by atoms with van der Waals surface area (Å²) in [5.41, 5.74) is 1.01. The molecule has 1 N–H and O–H groups in total. The number of carbonyl (C=O) groups excluding carboxylic acids is 3. The van der Waals surface area contributed by atoms with Gasteiger partial charge < -0.3 is 20.0 Å². The van der Waals surface area contributed by atoms with Gasteiger partial charge in [0.1, 0.15) is 0 Å². The normalized spacial score (nSPS) is 22.5. The first-order valence-electron chi connectivity index (χ1n) is 12.3. The Kier molecular flexibility index (Phi) is 7.66. The largest absolute Gasteiger partial charge is 0.342 e. The first-order valence-corrected chi connectivity index (χ1v) is 12.3. The number of rotatable bonds is 4. The molecule has 174 valence electrons. The van der Waals surface area contributed by atoms with Crippen LogP contribution < -0.4 is 5.32 Å². The number of piperazine rings is 1. The van der Waals surface area contributed by atoms with Gasteiger partial charge in [0.2, 0.25) is 11.8 Å². The first-order chi connectivity index (χ1) is 15.6. The summed E-state index contributed by atoms with van der Waals surface area (Å²) in [6.07, 6.45) is 7.88. The molecule has 7 heteroatoms. The Morgan fingerprint density at radius 3 is 2.19 bits per heavy atom. The van der Waals surface area contributed by atoms with Gasteiger partial charge in [0.05, 0.1) is 12.3 Å². The third kappa shape index (κ3) is 5.81. The van der Waals surface area contributed by atoms with Crippen molar-refractivity contribution in [3.05, 3.63) is 35.9 Å². The maximum atomic E-state index is 13.1. The van der Waals surface area contributed by atoms with Gasteiger partial charge in [-0.25, -0.2) is 4.79 Å². The summed E-state index contributed by atoms with van der Waals surface area (Å²) >= 11 is 0. The minimum atomic E-state index is -0.133. The van der Waals surface area contributed by atoms with Gasteiger partial charge in [-0.2, -0.15) is 0 Å². The number of urea groups is 1. The van der Waals surface area contributed by atoms with Crippen molar-refractivity contribution in [3.63, 3.8) is 0 Å². The zero-order valence-corrected chi connectivity index (χ0v) is 19.0. The molecule has 4 rings (SSSR count). The average Bonchev–Trinajstić information content (AvgIpc) is 2.85. The van der Waals surface area contributed by atoms with E-state index < -0.39 is 0 Å². The number of piperidine rings is 1. The van der Waals surface area contributed by atoms with Crippen molar-refractivity contribution in [1.29, 1.82) is 0 Å². The van der Waals surface area contributed by atoms with Gasteiger partial charge in [-0.1, -0.05) is 49.6 Å². The van der Waals surface area contributed by atoms with Crippen LogP contribution in [-0.4, -0.2) is 77.9 Å². The maximum Gasteiger partial charge on any atom is 0.317 e. The van der Waals surface area contributed by atoms with Gasteiger partial charge >= 0.3 is 6.03 Å². The highest BCUT2D eigenvalue weighted by molar-refractivity contribution is 5.83. The van der Waals surface area contributed by atoms with E-state index in [1.54, 1.807) is 0 Å². The number of hydrogen-bond donors (Lipinski definition) is 1. The highest BCUT2D eigenvalue weighted by Crippen LogP contribution is 2.21. The van der Waals surface area contributed by atoms with Crippen LogP contribution in [0.1, 0.15) is 50.5 Å². The Morgan fingerprint density at radius 1 is 0.781 bits per heavy atom. The quantitative estimate of drug-likeness (QED) is 0.782. The van der Waals surface area contributed by atoms with Crippen LogP contribution in [-0.2, 0) is 16.0 Å². The van der Waals surface area contributed by atoms with E-state index in [1.165, 1.54) is 19.3 Å². The van der Waals surface area contributed by atoms with Gasteiger partial charge in [-0.3, -0.25) is 9.59 Å². The minimum Gasteiger partial charge on any atom is -0.342 e. The van der Waals surface area contributed by atoms with Crippen molar-refractivity contribution >= 4 is 17.8 Å². The van der Waals surface area contributed by atoms with Crippen molar-refractivity contribution in [2.24, 2.45) is 5.92 Å². The molecule has 2 heterocycles. The molecule has 7 nitrogen and oxygen atoms in total. The van der Waals surface area contributed by atoms with E-state index >= 15 is 0 Å². The van der Waals surface area contributed by atoms with E-state index in [9.17, 15) is 14.4 Å². The van der Waals surface area contributed by atoms with Crippen molar-refractivity contribution in [3.8, 4) is 0 Å². The maximum absolute atomic E-state index is 13.1. The molecule has 2 saturated heterocycles. The molecule has 1 saturated carbocycles. The first kappa shape index (κ1) is 22.6. The lowest BCUT2D eigenvalue weighted by atomic mass is 9.95. The van der Waals surface area contributed by atoms with E-state index in [0.717, 1.165) is 37.8 Å². The Hall–Kier alpha value is -2.57. The second-order valence-corrected chi connectivity index (χ2v) is 9.44. The molecule has 1 aliphatic carbocycles. The monoisotopic (exact) mass is 440 g/mol. The summed E-state index contributed by atoms with van der Waals surface area (Å²) in [5, 5.41) is 3.17. The second kappa shape index (κ2) is 10.8. The Morgan fingerprint density at radius 2 is 1.47 bits per heavy atom. The van der Waals surface area contributed by atoms with E-state index in [-0.39, 0.29) is 23.8 Å². The summed E-state index contributed by atoms with van der Waals surface area (Å²) in [5.74, 6) is 0.0959. The van der Waals surface area contributed by atoms with Crippen LogP contribution in [0.25, 0.3) is 0 Å². The molecule has 3 fully saturated rings. The van der Waals surface area contributed by atoms with Crippen LogP contribution in [0, 0.1) is 5.92 Å². The predicted octanol–water partition coefficient (Wildman–Crippen LogP) is 2.65. The third-order valence-corrected chi connectivity index (χ3v) is 7.13. The molecule has 3 aliphatic rings. The SMILES string of the molecule is O=C(Cc1ccccc1)N1CCCC(C(=O)N2CCN(C(=O)NC3CCCCC3)CC2)C1. The van der Waals surface area contributed by atoms with Crippen LogP contribution in [0.4, 0.5) is 4.79 Å². The zero-order chi connectivity index (χ0) is 22.3. The standard InChI is InChI=1S/C25H36N4O3/c30-23(18-20-8-3-1-4-9-20)29-13-7-10-21(19-29)24(31)27-14-16-28(17-15-27)25(32)26-22-11-5-2-6-12-22/h1,3-4,8-9,21-22H,2,5-7,10-19H2,(H,26,32). The van der Waals surface area contributed by atoms with Gasteiger partial charge in [-0.15, -0.1) is 0 Å². The Bertz CT molecular complexity index is 786. The van der Waals surface area contributed by atoms with Gasteiger partial charge in [-0.05, 0) is 31.2 Å². The third-order valence-electron chi connectivity index (χ3n) is 7.13. The van der Waals surface area contributed by atoms with Crippen molar-refractivity contribution in [2.75, 3.05) is 39.3 Å². The molecule has 4 amide bonds. The minimum absolute atomic E-state index is 0.0133. The number of nitrogens with one attached hydrogen (secondary N) is 1. The van der Waals surface area contributed by atoms with Crippen LogP contribution in [0.2, 0.25) is 0 Å². The molecule has 1 atom stereocenters. The molecule has 0 aromatic heterocycles. The molecule has 1 unspecified atom stereocenters. The molecule has 0 spiro atoms. The highest BCUT2D eigenvalue weighted by Gasteiger charge is 2.33. The van der Waals surface area contributed by atoms with Crippen molar-refractivity contribution < 1.29 is 14.4 Å². The van der Waals surface area contributed by atoms with Gasteiger partial charge in [0.25, 0.3) is 0 Å². The van der Waals surface area contributed by atoms with E-state index in [2.05, 4.69) is 5.32 Å². The summed E-state index contributed by atoms with van der Waals surface area (Å²) < 4.78 is 0. The fourth-order valence-corrected chi connectivity index (χ4v) is 5.19. The number of hydrogen-bond acceptors (Lipinski definition) is 3.